The van der Waals surface area contributed by atoms with Gasteiger partial charge in [0, 0.05) is 11.3 Å². The van der Waals surface area contributed by atoms with Crippen molar-refractivity contribution < 1.29 is 4.79 Å². The summed E-state index contributed by atoms with van der Waals surface area (Å²) < 4.78 is 0. The summed E-state index contributed by atoms with van der Waals surface area (Å²) in [7, 11) is 0. The van der Waals surface area contributed by atoms with Crippen LogP contribution < -0.4 is 5.32 Å². The molecule has 2 aromatic rings. The number of amides is 1. The van der Waals surface area contributed by atoms with E-state index in [1.165, 1.54) is 11.8 Å². The van der Waals surface area contributed by atoms with Crippen LogP contribution in [0.2, 0.25) is 0 Å². The fraction of sp³-hybridized carbons (Fsp3) is 0.250. The highest BCUT2D eigenvalue weighted by Crippen LogP contribution is 2.26. The van der Waals surface area contributed by atoms with E-state index in [9.17, 15) is 10.1 Å². The molecule has 0 aliphatic carbocycles. The number of benzene rings is 1. The maximum absolute atomic E-state index is 12.0. The van der Waals surface area contributed by atoms with E-state index in [0.29, 0.717) is 17.1 Å². The first-order valence-electron chi connectivity index (χ1n) is 7.84. The molecule has 2 rings (SSSR count). The quantitative estimate of drug-likeness (QED) is 0.680. The molecule has 5 heteroatoms. The minimum Gasteiger partial charge on any atom is -0.344 e. The van der Waals surface area contributed by atoms with Gasteiger partial charge in [-0.2, -0.15) is 5.26 Å². The molecule has 0 fully saturated rings. The molecule has 25 heavy (non-hydrogen) atoms. The summed E-state index contributed by atoms with van der Waals surface area (Å²) in [6.45, 7) is 6.06. The lowest BCUT2D eigenvalue weighted by atomic mass is 10.1. The zero-order valence-corrected chi connectivity index (χ0v) is 15.3. The van der Waals surface area contributed by atoms with Gasteiger partial charge in [0.2, 0.25) is 5.91 Å². The molecule has 1 aromatic carbocycles. The molecule has 0 aliphatic heterocycles. The molecule has 0 atom stereocenters. The molecule has 0 aliphatic rings. The fourth-order valence-electron chi connectivity index (χ4n) is 2.14. The molecule has 0 radical (unpaired) electrons. The van der Waals surface area contributed by atoms with E-state index in [4.69, 9.17) is 0 Å². The minimum absolute atomic E-state index is 0.131. The molecular formula is C20H19N3OS. The first-order chi connectivity index (χ1) is 12.0. The van der Waals surface area contributed by atoms with Crippen molar-refractivity contribution in [1.29, 1.82) is 5.26 Å². The van der Waals surface area contributed by atoms with E-state index in [1.807, 2.05) is 51.1 Å². The van der Waals surface area contributed by atoms with Gasteiger partial charge in [0.1, 0.15) is 11.1 Å². The number of carbonyl (C=O) groups is 1. The first-order valence-corrected chi connectivity index (χ1v) is 8.82. The lowest BCUT2D eigenvalue weighted by molar-refractivity contribution is -0.118. The molecule has 1 heterocycles. The Morgan fingerprint density at radius 3 is 2.60 bits per heavy atom. The normalized spacial score (nSPS) is 9.68. The molecule has 0 unspecified atom stereocenters. The van der Waals surface area contributed by atoms with Crippen molar-refractivity contribution in [1.82, 2.24) is 10.3 Å². The molecule has 0 spiro atoms. The van der Waals surface area contributed by atoms with Gasteiger partial charge in [0.05, 0.1) is 17.9 Å². The standard InChI is InChI=1S/C20H19N3OS/c1-14-15(2)18(12-21)20(23-16(14)3)25-13-19(24)22-11-7-10-17-8-5-4-6-9-17/h4-6,8-9H,11,13H2,1-3H3,(H,22,24). The summed E-state index contributed by atoms with van der Waals surface area (Å²) in [6, 6.07) is 11.8. The highest BCUT2D eigenvalue weighted by Gasteiger charge is 2.13. The smallest absolute Gasteiger partial charge is 0.231 e. The topological polar surface area (TPSA) is 65.8 Å². The number of hydrogen-bond acceptors (Lipinski definition) is 4. The minimum atomic E-state index is -0.131. The number of aromatic nitrogens is 1. The van der Waals surface area contributed by atoms with Crippen LogP contribution in [0.15, 0.2) is 35.4 Å². The number of rotatable bonds is 4. The molecule has 0 saturated heterocycles. The average Bonchev–Trinajstić information content (AvgIpc) is 2.62. The van der Waals surface area contributed by atoms with Gasteiger partial charge in [-0.1, -0.05) is 41.8 Å². The van der Waals surface area contributed by atoms with Gasteiger partial charge in [0.25, 0.3) is 0 Å². The van der Waals surface area contributed by atoms with E-state index in [2.05, 4.69) is 28.2 Å². The van der Waals surface area contributed by atoms with Gasteiger partial charge in [-0.3, -0.25) is 4.79 Å². The Morgan fingerprint density at radius 1 is 1.20 bits per heavy atom. The van der Waals surface area contributed by atoms with Crippen LogP contribution in [0.5, 0.6) is 0 Å². The number of nitrogens with one attached hydrogen (secondary N) is 1. The summed E-state index contributed by atoms with van der Waals surface area (Å²) in [5.41, 5.74) is 4.28. The van der Waals surface area contributed by atoms with Crippen molar-refractivity contribution in [3.63, 3.8) is 0 Å². The number of carbonyl (C=O) groups excluding carboxylic acids is 1. The summed E-state index contributed by atoms with van der Waals surface area (Å²) in [5.74, 6) is 5.98. The van der Waals surface area contributed by atoms with Crippen molar-refractivity contribution in [3.8, 4) is 17.9 Å². The summed E-state index contributed by atoms with van der Waals surface area (Å²) in [4.78, 5) is 16.4. The molecule has 0 bridgehead atoms. The Kier molecular flexibility index (Phi) is 6.62. The van der Waals surface area contributed by atoms with E-state index < -0.39 is 0 Å². The van der Waals surface area contributed by atoms with E-state index >= 15 is 0 Å². The van der Waals surface area contributed by atoms with Crippen molar-refractivity contribution in [2.45, 2.75) is 25.8 Å². The van der Waals surface area contributed by atoms with E-state index in [1.54, 1.807) is 0 Å². The average molecular weight is 349 g/mol. The van der Waals surface area contributed by atoms with Crippen molar-refractivity contribution in [2.24, 2.45) is 0 Å². The molecule has 4 nitrogen and oxygen atoms in total. The van der Waals surface area contributed by atoms with Crippen LogP contribution >= 0.6 is 11.8 Å². The third kappa shape index (κ3) is 5.11. The van der Waals surface area contributed by atoms with Gasteiger partial charge in [-0.05, 0) is 44.0 Å². The van der Waals surface area contributed by atoms with Gasteiger partial charge in [0.15, 0.2) is 0 Å². The Hall–Kier alpha value is -2.76. The Morgan fingerprint density at radius 2 is 1.92 bits per heavy atom. The lowest BCUT2D eigenvalue weighted by Gasteiger charge is -2.10. The van der Waals surface area contributed by atoms with Gasteiger partial charge < -0.3 is 5.32 Å². The SMILES string of the molecule is Cc1nc(SCC(=O)NCC#Cc2ccccc2)c(C#N)c(C)c1C. The number of thioether (sulfide) groups is 1. The van der Waals surface area contributed by atoms with Crippen LogP contribution in [-0.4, -0.2) is 23.2 Å². The van der Waals surface area contributed by atoms with Crippen LogP contribution in [0.3, 0.4) is 0 Å². The fourth-order valence-corrected chi connectivity index (χ4v) is 3.06. The van der Waals surface area contributed by atoms with Crippen molar-refractivity contribution in [2.75, 3.05) is 12.3 Å². The van der Waals surface area contributed by atoms with Crippen LogP contribution in [0.4, 0.5) is 0 Å². The predicted molar refractivity (Wildman–Crippen MR) is 100 cm³/mol. The Balaban J connectivity index is 1.91. The molecule has 0 saturated carbocycles. The Labute approximate surface area is 152 Å². The number of nitrogens with zero attached hydrogens (tertiary/aromatic N) is 2. The second-order valence-corrected chi connectivity index (χ2v) is 6.44. The molecule has 1 aromatic heterocycles. The molecular weight excluding hydrogens is 330 g/mol. The van der Waals surface area contributed by atoms with E-state index in [0.717, 1.165) is 22.4 Å². The summed E-state index contributed by atoms with van der Waals surface area (Å²) in [6.07, 6.45) is 0. The maximum atomic E-state index is 12.0. The van der Waals surface area contributed by atoms with Crippen LogP contribution in [-0.2, 0) is 4.79 Å². The number of hydrogen-bond donors (Lipinski definition) is 1. The molecule has 1 N–H and O–H groups in total. The second-order valence-electron chi connectivity index (χ2n) is 5.47. The summed E-state index contributed by atoms with van der Waals surface area (Å²) >= 11 is 1.28. The largest absolute Gasteiger partial charge is 0.344 e. The van der Waals surface area contributed by atoms with Crippen molar-refractivity contribution in [3.05, 3.63) is 58.3 Å². The van der Waals surface area contributed by atoms with E-state index in [-0.39, 0.29) is 11.7 Å². The third-order valence-electron chi connectivity index (χ3n) is 3.80. The summed E-state index contributed by atoms with van der Waals surface area (Å²) in [5, 5.41) is 12.7. The van der Waals surface area contributed by atoms with Gasteiger partial charge >= 0.3 is 0 Å². The Bertz CT molecular complexity index is 874. The molecule has 126 valence electrons. The zero-order valence-electron chi connectivity index (χ0n) is 14.5. The van der Waals surface area contributed by atoms with Gasteiger partial charge in [-0.15, -0.1) is 0 Å². The molecule has 1 amide bonds. The number of aryl methyl sites for hydroxylation is 1. The lowest BCUT2D eigenvalue weighted by Crippen LogP contribution is -2.25. The third-order valence-corrected chi connectivity index (χ3v) is 4.77. The van der Waals surface area contributed by atoms with Crippen LogP contribution in [0, 0.1) is 43.9 Å². The first kappa shape index (κ1) is 18.6. The number of pyridine rings is 1. The van der Waals surface area contributed by atoms with Crippen LogP contribution in [0.1, 0.15) is 27.9 Å². The highest BCUT2D eigenvalue weighted by atomic mass is 32.2. The van der Waals surface area contributed by atoms with Crippen LogP contribution in [0.25, 0.3) is 0 Å². The zero-order chi connectivity index (χ0) is 18.2. The predicted octanol–water partition coefficient (Wildman–Crippen LogP) is 3.14. The second kappa shape index (κ2) is 8.92. The van der Waals surface area contributed by atoms with Crippen molar-refractivity contribution >= 4 is 17.7 Å². The van der Waals surface area contributed by atoms with Gasteiger partial charge in [-0.25, -0.2) is 4.98 Å². The highest BCUT2D eigenvalue weighted by molar-refractivity contribution is 8.00. The maximum Gasteiger partial charge on any atom is 0.231 e. The number of nitriles is 1. The monoisotopic (exact) mass is 349 g/mol.